The van der Waals surface area contributed by atoms with Crippen molar-refractivity contribution >= 4 is 23.4 Å². The minimum atomic E-state index is -0.131. The summed E-state index contributed by atoms with van der Waals surface area (Å²) in [6, 6.07) is 5.23. The molecule has 2 aliphatic rings. The minimum absolute atomic E-state index is 0.0768. The fourth-order valence-electron chi connectivity index (χ4n) is 2.82. The van der Waals surface area contributed by atoms with E-state index in [0.29, 0.717) is 42.5 Å². The van der Waals surface area contributed by atoms with E-state index in [-0.39, 0.29) is 24.6 Å². The van der Waals surface area contributed by atoms with Crippen LogP contribution in [0.5, 0.6) is 11.5 Å². The number of rotatable bonds is 4. The van der Waals surface area contributed by atoms with Crippen LogP contribution < -0.4 is 14.8 Å². The second kappa shape index (κ2) is 7.08. The van der Waals surface area contributed by atoms with Gasteiger partial charge >= 0.3 is 0 Å². The Kier molecular flexibility index (Phi) is 4.91. The fourth-order valence-corrected chi connectivity index (χ4v) is 2.98. The van der Waals surface area contributed by atoms with Crippen molar-refractivity contribution in [3.63, 3.8) is 0 Å². The van der Waals surface area contributed by atoms with Gasteiger partial charge in [0.15, 0.2) is 11.5 Å². The van der Waals surface area contributed by atoms with E-state index in [1.165, 1.54) is 0 Å². The highest BCUT2D eigenvalue weighted by Gasteiger charge is 2.24. The first-order valence-electron chi connectivity index (χ1n) is 7.71. The van der Waals surface area contributed by atoms with Gasteiger partial charge in [0, 0.05) is 37.0 Å². The summed E-state index contributed by atoms with van der Waals surface area (Å²) in [5.41, 5.74) is 0.551. The van der Waals surface area contributed by atoms with Crippen molar-refractivity contribution in [1.29, 1.82) is 0 Å². The number of carbonyl (C=O) groups excluding carboxylic acids is 2. The summed E-state index contributed by atoms with van der Waals surface area (Å²) in [6.07, 6.45) is 1.88. The normalized spacial score (nSPS) is 17.2. The van der Waals surface area contributed by atoms with Crippen LogP contribution in [0.3, 0.4) is 0 Å². The molecule has 0 spiro atoms. The van der Waals surface area contributed by atoms with Gasteiger partial charge in [0.2, 0.25) is 12.7 Å². The fraction of sp³-hybridized carbons (Fsp3) is 0.500. The number of ether oxygens (including phenoxy) is 2. The topological polar surface area (TPSA) is 67.9 Å². The Morgan fingerprint density at radius 3 is 2.70 bits per heavy atom. The van der Waals surface area contributed by atoms with E-state index in [0.717, 1.165) is 12.8 Å². The lowest BCUT2D eigenvalue weighted by atomic mass is 10.0. The van der Waals surface area contributed by atoms with Crippen molar-refractivity contribution in [2.24, 2.45) is 0 Å². The summed E-state index contributed by atoms with van der Waals surface area (Å²) in [5, 5.41) is 3.02. The van der Waals surface area contributed by atoms with Crippen molar-refractivity contribution in [2.45, 2.75) is 25.3 Å². The molecule has 2 aliphatic heterocycles. The van der Waals surface area contributed by atoms with Gasteiger partial charge in [0.1, 0.15) is 0 Å². The second-order valence-electron chi connectivity index (χ2n) is 5.64. The molecule has 1 saturated heterocycles. The largest absolute Gasteiger partial charge is 0.454 e. The van der Waals surface area contributed by atoms with Crippen LogP contribution in [0.4, 0.5) is 0 Å². The number of carbonyl (C=O) groups is 2. The number of alkyl halides is 1. The van der Waals surface area contributed by atoms with E-state index in [2.05, 4.69) is 5.32 Å². The summed E-state index contributed by atoms with van der Waals surface area (Å²) < 4.78 is 10.5. The van der Waals surface area contributed by atoms with Crippen molar-refractivity contribution in [1.82, 2.24) is 10.2 Å². The third-order valence-electron chi connectivity index (χ3n) is 4.13. The molecule has 0 aliphatic carbocycles. The smallest absolute Gasteiger partial charge is 0.251 e. The maximum Gasteiger partial charge on any atom is 0.251 e. The van der Waals surface area contributed by atoms with E-state index in [1.54, 1.807) is 18.2 Å². The molecule has 2 heterocycles. The first kappa shape index (κ1) is 15.9. The molecular weight excluding hydrogens is 320 g/mol. The number of piperidine rings is 1. The number of amides is 2. The monoisotopic (exact) mass is 338 g/mol. The molecule has 0 bridgehead atoms. The highest BCUT2D eigenvalue weighted by molar-refractivity contribution is 6.18. The van der Waals surface area contributed by atoms with E-state index in [1.807, 2.05) is 4.90 Å². The minimum Gasteiger partial charge on any atom is -0.454 e. The van der Waals surface area contributed by atoms with E-state index < -0.39 is 0 Å². The van der Waals surface area contributed by atoms with Gasteiger partial charge in [0.05, 0.1) is 0 Å². The number of hydrogen-bond donors (Lipinski definition) is 1. The molecule has 1 aromatic carbocycles. The first-order chi connectivity index (χ1) is 11.2. The molecule has 2 amide bonds. The Balaban J connectivity index is 1.52. The van der Waals surface area contributed by atoms with Gasteiger partial charge in [-0.25, -0.2) is 0 Å². The third-order valence-corrected chi connectivity index (χ3v) is 4.31. The summed E-state index contributed by atoms with van der Waals surface area (Å²) in [6.45, 7) is 1.50. The van der Waals surface area contributed by atoms with Crippen LogP contribution in [0.2, 0.25) is 0 Å². The number of benzene rings is 1. The number of nitrogens with one attached hydrogen (secondary N) is 1. The van der Waals surface area contributed by atoms with Crippen LogP contribution >= 0.6 is 11.6 Å². The van der Waals surface area contributed by atoms with Crippen LogP contribution in [0.25, 0.3) is 0 Å². The Morgan fingerprint density at radius 2 is 1.96 bits per heavy atom. The quantitative estimate of drug-likeness (QED) is 0.850. The summed E-state index contributed by atoms with van der Waals surface area (Å²) in [4.78, 5) is 25.9. The molecule has 1 fully saturated rings. The molecule has 3 rings (SSSR count). The van der Waals surface area contributed by atoms with Crippen LogP contribution in [0, 0.1) is 0 Å². The summed E-state index contributed by atoms with van der Waals surface area (Å²) >= 11 is 5.60. The molecule has 0 saturated carbocycles. The Hall–Kier alpha value is -1.95. The van der Waals surface area contributed by atoms with Gasteiger partial charge in [-0.15, -0.1) is 11.6 Å². The van der Waals surface area contributed by atoms with Crippen molar-refractivity contribution in [2.75, 3.05) is 25.8 Å². The number of nitrogens with zero attached hydrogens (tertiary/aromatic N) is 1. The van der Waals surface area contributed by atoms with E-state index in [4.69, 9.17) is 21.1 Å². The first-order valence-corrected chi connectivity index (χ1v) is 8.25. The molecule has 1 aromatic rings. The second-order valence-corrected chi connectivity index (χ2v) is 6.01. The molecule has 0 atom stereocenters. The molecule has 1 N–H and O–H groups in total. The predicted molar refractivity (Wildman–Crippen MR) is 85.0 cm³/mol. The average Bonchev–Trinajstić information content (AvgIpc) is 3.03. The van der Waals surface area contributed by atoms with Crippen LogP contribution in [0.1, 0.15) is 29.6 Å². The van der Waals surface area contributed by atoms with Gasteiger partial charge in [-0.05, 0) is 31.0 Å². The molecular formula is C16H19ClN2O4. The van der Waals surface area contributed by atoms with Gasteiger partial charge < -0.3 is 19.7 Å². The van der Waals surface area contributed by atoms with Crippen molar-refractivity contribution < 1.29 is 19.1 Å². The predicted octanol–water partition coefficient (Wildman–Crippen LogP) is 1.76. The van der Waals surface area contributed by atoms with Crippen LogP contribution in [-0.4, -0.2) is 48.5 Å². The molecule has 124 valence electrons. The SMILES string of the molecule is O=C(NC1CCN(C(=O)CCCl)CC1)c1ccc2c(c1)OCO2. The maximum absolute atomic E-state index is 12.3. The zero-order valence-electron chi connectivity index (χ0n) is 12.7. The lowest BCUT2D eigenvalue weighted by Gasteiger charge is -2.32. The average molecular weight is 339 g/mol. The van der Waals surface area contributed by atoms with Crippen molar-refractivity contribution in [3.8, 4) is 11.5 Å². The molecule has 6 nitrogen and oxygen atoms in total. The molecule has 23 heavy (non-hydrogen) atoms. The molecule has 0 aromatic heterocycles. The standard InChI is InChI=1S/C16H19ClN2O4/c17-6-3-15(20)19-7-4-12(5-8-19)18-16(21)11-1-2-13-14(9-11)23-10-22-13/h1-2,9,12H,3-8,10H2,(H,18,21). The van der Waals surface area contributed by atoms with Crippen molar-refractivity contribution in [3.05, 3.63) is 23.8 Å². The number of likely N-dealkylation sites (tertiary alicyclic amines) is 1. The Bertz CT molecular complexity index is 600. The Labute approximate surface area is 139 Å². The van der Waals surface area contributed by atoms with Crippen LogP contribution in [0.15, 0.2) is 18.2 Å². The number of hydrogen-bond acceptors (Lipinski definition) is 4. The maximum atomic E-state index is 12.3. The van der Waals surface area contributed by atoms with Gasteiger partial charge in [-0.2, -0.15) is 0 Å². The zero-order chi connectivity index (χ0) is 16.2. The highest BCUT2D eigenvalue weighted by atomic mass is 35.5. The van der Waals surface area contributed by atoms with Crippen LogP contribution in [-0.2, 0) is 4.79 Å². The lowest BCUT2D eigenvalue weighted by molar-refractivity contribution is -0.131. The molecule has 7 heteroatoms. The van der Waals surface area contributed by atoms with Gasteiger partial charge in [-0.3, -0.25) is 9.59 Å². The third kappa shape index (κ3) is 3.69. The van der Waals surface area contributed by atoms with Gasteiger partial charge in [0.25, 0.3) is 5.91 Å². The summed E-state index contributed by atoms with van der Waals surface area (Å²) in [7, 11) is 0. The highest BCUT2D eigenvalue weighted by Crippen LogP contribution is 2.32. The number of halogens is 1. The molecule has 0 radical (unpaired) electrons. The number of fused-ring (bicyclic) bond motifs is 1. The van der Waals surface area contributed by atoms with Gasteiger partial charge in [-0.1, -0.05) is 0 Å². The van der Waals surface area contributed by atoms with E-state index >= 15 is 0 Å². The lowest BCUT2D eigenvalue weighted by Crippen LogP contribution is -2.46. The summed E-state index contributed by atoms with van der Waals surface area (Å²) in [5.74, 6) is 1.56. The molecule has 0 unspecified atom stereocenters. The Morgan fingerprint density at radius 1 is 1.22 bits per heavy atom. The van der Waals surface area contributed by atoms with E-state index in [9.17, 15) is 9.59 Å². The zero-order valence-corrected chi connectivity index (χ0v) is 13.5.